The molecule has 2 saturated carbocycles. The van der Waals surface area contributed by atoms with E-state index in [4.69, 9.17) is 0 Å². The molecule has 0 bridgehead atoms. The summed E-state index contributed by atoms with van der Waals surface area (Å²) in [4.78, 5) is 0. The van der Waals surface area contributed by atoms with Crippen LogP contribution in [-0.2, 0) is 12.8 Å². The Hall–Kier alpha value is -5.72. The molecule has 0 saturated heterocycles. The van der Waals surface area contributed by atoms with Gasteiger partial charge in [-0.05, 0) is 159 Å². The monoisotopic (exact) mass is 848 g/mol. The van der Waals surface area contributed by atoms with Gasteiger partial charge in [0.1, 0.15) is 46.8 Å². The van der Waals surface area contributed by atoms with Crippen LogP contribution in [0, 0.1) is 34.1 Å². The van der Waals surface area contributed by atoms with Crippen molar-refractivity contribution in [1.82, 2.24) is 19.6 Å². The largest absolute Gasteiger partial charge is 0.385 e. The fourth-order valence-electron chi connectivity index (χ4n) is 10.4. The smallest absolute Gasteiger partial charge is 0.150 e. The van der Waals surface area contributed by atoms with E-state index in [-0.39, 0.29) is 24.5 Å². The molecule has 0 unspecified atom stereocenters. The number of aromatic nitrogens is 4. The molecule has 2 fully saturated rings. The summed E-state index contributed by atoms with van der Waals surface area (Å²) in [6, 6.07) is 23.0. The first kappa shape index (κ1) is 41.6. The fourth-order valence-corrected chi connectivity index (χ4v) is 10.4. The Morgan fingerprint density at radius 3 is 1.18 bits per heavy atom. The van der Waals surface area contributed by atoms with Gasteiger partial charge >= 0.3 is 0 Å². The quantitative estimate of drug-likeness (QED) is 0.164. The molecule has 12 heteroatoms. The van der Waals surface area contributed by atoms with Crippen molar-refractivity contribution in [2.24, 2.45) is 10.8 Å². The van der Waals surface area contributed by atoms with Crippen LogP contribution in [0.4, 0.5) is 26.3 Å². The van der Waals surface area contributed by atoms with Crippen molar-refractivity contribution in [2.45, 2.75) is 88.8 Å². The van der Waals surface area contributed by atoms with Crippen LogP contribution < -0.4 is 0 Å². The number of rotatable bonds is 6. The van der Waals surface area contributed by atoms with Gasteiger partial charge in [0, 0.05) is 10.8 Å². The van der Waals surface area contributed by atoms with Gasteiger partial charge in [-0.15, -0.1) is 0 Å². The van der Waals surface area contributed by atoms with E-state index in [0.717, 1.165) is 57.9 Å². The lowest BCUT2D eigenvalue weighted by Gasteiger charge is -2.52. The number of fused-ring (bicyclic) bond motifs is 4. The van der Waals surface area contributed by atoms with E-state index < -0.39 is 46.0 Å². The van der Waals surface area contributed by atoms with Gasteiger partial charge < -0.3 is 10.2 Å². The highest BCUT2D eigenvalue weighted by atomic mass is 19.2. The Bertz CT molecular complexity index is 2490. The van der Waals surface area contributed by atoms with Gasteiger partial charge in [0.25, 0.3) is 0 Å². The van der Waals surface area contributed by atoms with Crippen LogP contribution in [0.25, 0.3) is 23.5 Å². The Morgan fingerprint density at radius 2 is 0.839 bits per heavy atom. The standard InChI is InChI=1S/2C25H23F3N2O/c2*1-24-14-17-15-29-30(21-10-8-20(27)9-11-21)22(17)13-18(24)3-2-12-25(24,28)23(31)16-4-6-19(26)7-5-16/h2*4-11,13,15,23,31H,2-3,12,14H2,1H3/t23-,24+,25+;23-,24-,25-/m10/s1. The molecule has 4 aromatic carbocycles. The van der Waals surface area contributed by atoms with Crippen molar-refractivity contribution in [1.29, 1.82) is 0 Å². The van der Waals surface area contributed by atoms with E-state index in [1.807, 2.05) is 26.0 Å². The lowest BCUT2D eigenvalue weighted by molar-refractivity contribution is -0.101. The van der Waals surface area contributed by atoms with Crippen molar-refractivity contribution < 1.29 is 36.6 Å². The topological polar surface area (TPSA) is 76.1 Å². The molecular weight excluding hydrogens is 803 g/mol. The summed E-state index contributed by atoms with van der Waals surface area (Å²) in [5.74, 6) is -1.48. The molecular formula is C50H46F6N4O2. The zero-order chi connectivity index (χ0) is 43.6. The number of alkyl halides is 2. The van der Waals surface area contributed by atoms with Crippen molar-refractivity contribution in [3.63, 3.8) is 0 Å². The van der Waals surface area contributed by atoms with Crippen LogP contribution in [0.15, 0.2) is 121 Å². The summed E-state index contributed by atoms with van der Waals surface area (Å²) in [5, 5.41) is 31.1. The number of aliphatic hydroxyl groups excluding tert-OH is 2. The van der Waals surface area contributed by atoms with Crippen molar-refractivity contribution in [2.75, 3.05) is 0 Å². The summed E-state index contributed by atoms with van der Waals surface area (Å²) < 4.78 is 90.2. The zero-order valence-electron chi connectivity index (χ0n) is 34.3. The van der Waals surface area contributed by atoms with Gasteiger partial charge in [-0.2, -0.15) is 10.2 Å². The molecule has 0 radical (unpaired) electrons. The number of allylic oxidation sites excluding steroid dienone is 2. The lowest BCUT2D eigenvalue weighted by atomic mass is 9.56. The van der Waals surface area contributed by atoms with E-state index in [2.05, 4.69) is 10.2 Å². The van der Waals surface area contributed by atoms with E-state index >= 15 is 8.78 Å². The van der Waals surface area contributed by atoms with Gasteiger partial charge in [-0.3, -0.25) is 0 Å². The predicted octanol–water partition coefficient (Wildman–Crippen LogP) is 11.4. The molecule has 6 nitrogen and oxygen atoms in total. The fraction of sp³-hybridized carbons (Fsp3) is 0.320. The second-order valence-corrected chi connectivity index (χ2v) is 17.6. The minimum absolute atomic E-state index is 0.223. The summed E-state index contributed by atoms with van der Waals surface area (Å²) in [7, 11) is 0. The maximum Gasteiger partial charge on any atom is 0.150 e. The normalized spacial score (nSPS) is 26.0. The number of nitrogens with zero attached hydrogens (tertiary/aromatic N) is 4. The van der Waals surface area contributed by atoms with E-state index in [9.17, 15) is 27.8 Å². The maximum absolute atomic E-state index is 16.7. The number of halogens is 6. The predicted molar refractivity (Wildman–Crippen MR) is 225 cm³/mol. The van der Waals surface area contributed by atoms with Crippen LogP contribution in [0.3, 0.4) is 0 Å². The number of hydrogen-bond donors (Lipinski definition) is 2. The highest BCUT2D eigenvalue weighted by molar-refractivity contribution is 5.63. The van der Waals surface area contributed by atoms with Gasteiger partial charge in [0.15, 0.2) is 0 Å². The third-order valence-corrected chi connectivity index (χ3v) is 14.1. The molecule has 6 atom stereocenters. The third kappa shape index (κ3) is 6.82. The summed E-state index contributed by atoms with van der Waals surface area (Å²) >= 11 is 0. The van der Waals surface area contributed by atoms with Gasteiger partial charge in [-0.1, -0.05) is 49.3 Å². The van der Waals surface area contributed by atoms with E-state index in [1.165, 1.54) is 72.8 Å². The first-order valence-electron chi connectivity index (χ1n) is 21.0. The SMILES string of the molecule is C[C@]12Cc3cnn(-c4ccc(F)cc4)c3C=C1CCC[C@]2(F)[C@@H](O)c1ccc(F)cc1.C[C@]12Cc3cnn(-c4ccc(F)cc4)c3C=C1CCC[C@]2(F)[C@H](O)c1ccc(F)cc1. The first-order valence-corrected chi connectivity index (χ1v) is 21.0. The maximum atomic E-state index is 16.7. The van der Waals surface area contributed by atoms with E-state index in [1.54, 1.807) is 46.0 Å². The molecule has 6 aromatic rings. The Kier molecular flexibility index (Phi) is 10.5. The molecule has 0 amide bonds. The summed E-state index contributed by atoms with van der Waals surface area (Å²) in [5.41, 5.74) is 1.93. The molecule has 2 heterocycles. The van der Waals surface area contributed by atoms with Gasteiger partial charge in [0.2, 0.25) is 0 Å². The highest BCUT2D eigenvalue weighted by Gasteiger charge is 2.60. The Labute approximate surface area is 355 Å². The molecule has 10 rings (SSSR count). The molecule has 62 heavy (non-hydrogen) atoms. The van der Waals surface area contributed by atoms with Crippen LogP contribution in [0.5, 0.6) is 0 Å². The number of benzene rings is 4. The molecule has 4 aliphatic rings. The molecule has 0 spiro atoms. The minimum atomic E-state index is -1.90. The summed E-state index contributed by atoms with van der Waals surface area (Å²) in [6.45, 7) is 3.73. The van der Waals surface area contributed by atoms with Gasteiger partial charge in [-0.25, -0.2) is 35.7 Å². The number of aliphatic hydroxyl groups is 2. The summed E-state index contributed by atoms with van der Waals surface area (Å²) in [6.07, 6.45) is 8.56. The average Bonchev–Trinajstić information content (AvgIpc) is 3.86. The van der Waals surface area contributed by atoms with Gasteiger partial charge in [0.05, 0.1) is 35.2 Å². The lowest BCUT2D eigenvalue weighted by Crippen LogP contribution is -2.53. The third-order valence-electron chi connectivity index (χ3n) is 14.1. The molecule has 0 aliphatic heterocycles. The minimum Gasteiger partial charge on any atom is -0.385 e. The van der Waals surface area contributed by atoms with Crippen LogP contribution in [0.1, 0.15) is 98.2 Å². The Balaban J connectivity index is 0.000000158. The average molecular weight is 849 g/mol. The molecule has 320 valence electrons. The molecule has 4 aliphatic carbocycles. The second kappa shape index (κ2) is 15.6. The van der Waals surface area contributed by atoms with Crippen molar-refractivity contribution >= 4 is 12.2 Å². The van der Waals surface area contributed by atoms with Crippen LogP contribution in [-0.4, -0.2) is 41.1 Å². The molecule has 2 aromatic heterocycles. The highest BCUT2D eigenvalue weighted by Crippen LogP contribution is 2.60. The Morgan fingerprint density at radius 1 is 0.516 bits per heavy atom. The number of hydrogen-bond acceptors (Lipinski definition) is 4. The molecule has 2 N–H and O–H groups in total. The van der Waals surface area contributed by atoms with E-state index in [0.29, 0.717) is 36.8 Å². The second-order valence-electron chi connectivity index (χ2n) is 17.6. The van der Waals surface area contributed by atoms with Crippen LogP contribution in [0.2, 0.25) is 0 Å². The first-order chi connectivity index (χ1) is 29.6. The zero-order valence-corrected chi connectivity index (χ0v) is 34.3. The van der Waals surface area contributed by atoms with Crippen molar-refractivity contribution in [3.8, 4) is 11.4 Å². The van der Waals surface area contributed by atoms with Crippen molar-refractivity contribution in [3.05, 3.63) is 178 Å². The van der Waals surface area contributed by atoms with Crippen LogP contribution >= 0.6 is 0 Å².